The first-order valence-corrected chi connectivity index (χ1v) is 12.1. The lowest BCUT2D eigenvalue weighted by molar-refractivity contribution is 0.0909. The average Bonchev–Trinajstić information content (AvgIpc) is 3.44. The number of benzene rings is 1. The second-order valence-corrected chi connectivity index (χ2v) is 9.70. The minimum Gasteiger partial charge on any atom is -0.493 e. The van der Waals surface area contributed by atoms with Crippen molar-refractivity contribution in [3.05, 3.63) is 28.8 Å². The largest absolute Gasteiger partial charge is 0.493 e. The normalized spacial score (nSPS) is 18.3. The van der Waals surface area contributed by atoms with Crippen LogP contribution in [0.3, 0.4) is 0 Å². The summed E-state index contributed by atoms with van der Waals surface area (Å²) in [6.45, 7) is 5.31. The smallest absolute Gasteiger partial charge is 0.263 e. The van der Waals surface area contributed by atoms with Gasteiger partial charge < -0.3 is 19.7 Å². The van der Waals surface area contributed by atoms with Crippen LogP contribution in [-0.4, -0.2) is 55.7 Å². The number of aromatic nitrogens is 1. The van der Waals surface area contributed by atoms with E-state index in [9.17, 15) is 4.79 Å². The molecule has 1 N–H and O–H groups in total. The Kier molecular flexibility index (Phi) is 7.13. The number of ether oxygens (including phenoxy) is 2. The molecule has 1 saturated heterocycles. The Morgan fingerprint density at radius 2 is 1.84 bits per heavy atom. The Labute approximate surface area is 189 Å². The number of nitrogens with one attached hydrogen (secondary N) is 1. The van der Waals surface area contributed by atoms with E-state index in [1.807, 2.05) is 25.1 Å². The minimum atomic E-state index is -0.00373. The van der Waals surface area contributed by atoms with Gasteiger partial charge in [0.2, 0.25) is 0 Å². The summed E-state index contributed by atoms with van der Waals surface area (Å²) in [5.41, 5.74) is 1.69. The Bertz CT molecular complexity index is 899. The molecule has 0 unspecified atom stereocenters. The van der Waals surface area contributed by atoms with Crippen LogP contribution in [0.15, 0.2) is 18.2 Å². The first-order valence-electron chi connectivity index (χ1n) is 11.3. The summed E-state index contributed by atoms with van der Waals surface area (Å²) in [5, 5.41) is 4.07. The topological polar surface area (TPSA) is 63.7 Å². The number of hydrogen-bond donors (Lipinski definition) is 1. The molecule has 0 radical (unpaired) electrons. The van der Waals surface area contributed by atoms with E-state index in [1.165, 1.54) is 43.6 Å². The molecule has 0 bridgehead atoms. The summed E-state index contributed by atoms with van der Waals surface area (Å²) < 4.78 is 10.7. The molecular formula is C24H33N3O3S. The van der Waals surface area contributed by atoms with Crippen molar-refractivity contribution in [2.24, 2.45) is 5.92 Å². The number of nitrogens with zero attached hydrogens (tertiary/aromatic N) is 2. The van der Waals surface area contributed by atoms with Crippen molar-refractivity contribution in [2.45, 2.75) is 51.5 Å². The summed E-state index contributed by atoms with van der Waals surface area (Å²) in [6, 6.07) is 5.96. The fraction of sp³-hybridized carbons (Fsp3) is 0.583. The highest BCUT2D eigenvalue weighted by Crippen LogP contribution is 2.35. The van der Waals surface area contributed by atoms with Crippen molar-refractivity contribution in [3.63, 3.8) is 0 Å². The zero-order chi connectivity index (χ0) is 21.8. The number of rotatable bonds is 7. The molecule has 168 valence electrons. The third-order valence-corrected chi connectivity index (χ3v) is 7.75. The van der Waals surface area contributed by atoms with E-state index >= 15 is 0 Å². The van der Waals surface area contributed by atoms with Crippen LogP contribution in [0, 0.1) is 12.8 Å². The van der Waals surface area contributed by atoms with Crippen LogP contribution in [0.4, 0.5) is 0 Å². The monoisotopic (exact) mass is 443 g/mol. The lowest BCUT2D eigenvalue weighted by Crippen LogP contribution is -2.45. The van der Waals surface area contributed by atoms with Crippen LogP contribution in [-0.2, 0) is 0 Å². The van der Waals surface area contributed by atoms with Crippen molar-refractivity contribution in [1.29, 1.82) is 0 Å². The van der Waals surface area contributed by atoms with Crippen molar-refractivity contribution in [3.8, 4) is 22.1 Å². The van der Waals surface area contributed by atoms with Crippen LogP contribution in [0.25, 0.3) is 10.6 Å². The van der Waals surface area contributed by atoms with E-state index in [0.29, 0.717) is 16.4 Å². The number of likely N-dealkylation sites (tertiary alicyclic amines) is 1. The number of amides is 1. The van der Waals surface area contributed by atoms with Gasteiger partial charge in [0.1, 0.15) is 9.88 Å². The Morgan fingerprint density at radius 1 is 1.13 bits per heavy atom. The molecule has 2 aromatic rings. The molecule has 1 amide bonds. The number of aryl methyl sites for hydroxylation is 1. The number of thiazole rings is 1. The molecule has 0 atom stereocenters. The van der Waals surface area contributed by atoms with E-state index in [2.05, 4.69) is 15.2 Å². The maximum atomic E-state index is 13.0. The van der Waals surface area contributed by atoms with E-state index in [1.54, 1.807) is 14.2 Å². The first-order chi connectivity index (χ1) is 15.1. The molecule has 2 heterocycles. The van der Waals surface area contributed by atoms with Gasteiger partial charge >= 0.3 is 0 Å². The lowest BCUT2D eigenvalue weighted by atomic mass is 10.0. The van der Waals surface area contributed by atoms with E-state index < -0.39 is 0 Å². The molecule has 1 aromatic carbocycles. The molecule has 1 saturated carbocycles. The average molecular weight is 444 g/mol. The van der Waals surface area contributed by atoms with Gasteiger partial charge in [0.25, 0.3) is 5.91 Å². The van der Waals surface area contributed by atoms with Gasteiger partial charge in [0.05, 0.1) is 19.9 Å². The number of methoxy groups -OCH3 is 2. The molecule has 0 spiro atoms. The van der Waals surface area contributed by atoms with Crippen LogP contribution in [0.2, 0.25) is 0 Å². The third-order valence-electron chi connectivity index (χ3n) is 6.55. The van der Waals surface area contributed by atoms with Gasteiger partial charge in [-0.15, -0.1) is 11.3 Å². The Balaban J connectivity index is 1.36. The minimum absolute atomic E-state index is 0.00373. The number of carbonyl (C=O) groups is 1. The number of hydrogen-bond acceptors (Lipinski definition) is 6. The quantitative estimate of drug-likeness (QED) is 0.682. The highest BCUT2D eigenvalue weighted by atomic mass is 32.1. The van der Waals surface area contributed by atoms with Gasteiger partial charge in [-0.3, -0.25) is 4.79 Å². The lowest BCUT2D eigenvalue weighted by Gasteiger charge is -2.33. The van der Waals surface area contributed by atoms with Gasteiger partial charge in [-0.25, -0.2) is 4.98 Å². The Hall–Kier alpha value is -2.12. The standard InChI is InChI=1S/C24H33N3O3S/c1-16-22(31-24(25-16)18-8-9-20(29-2)21(14-18)30-3)23(28)26-19-10-12-27(13-11-19)15-17-6-4-5-7-17/h8-9,14,17,19H,4-7,10-13,15H2,1-3H3,(H,26,28). The fourth-order valence-electron chi connectivity index (χ4n) is 4.77. The summed E-state index contributed by atoms with van der Waals surface area (Å²) in [4.78, 5) is 20.9. The SMILES string of the molecule is COc1ccc(-c2nc(C)c(C(=O)NC3CCN(CC4CCCC4)CC3)s2)cc1OC. The van der Waals surface area contributed by atoms with Crippen molar-refractivity contribution >= 4 is 17.2 Å². The molecule has 2 fully saturated rings. The zero-order valence-corrected chi connectivity index (χ0v) is 19.6. The van der Waals surface area contributed by atoms with Gasteiger partial charge in [0.15, 0.2) is 11.5 Å². The van der Waals surface area contributed by atoms with E-state index in [-0.39, 0.29) is 11.9 Å². The third kappa shape index (κ3) is 5.21. The summed E-state index contributed by atoms with van der Waals surface area (Å²) in [7, 11) is 3.24. The molecule has 7 heteroatoms. The van der Waals surface area contributed by atoms with Crippen LogP contribution in [0.1, 0.15) is 53.9 Å². The summed E-state index contributed by atoms with van der Waals surface area (Å²) in [6.07, 6.45) is 7.64. The van der Waals surface area contributed by atoms with Crippen LogP contribution in [0.5, 0.6) is 11.5 Å². The van der Waals surface area contributed by atoms with Gasteiger partial charge in [-0.05, 0) is 56.7 Å². The summed E-state index contributed by atoms with van der Waals surface area (Å²) >= 11 is 1.43. The maximum Gasteiger partial charge on any atom is 0.263 e. The van der Waals surface area contributed by atoms with Gasteiger partial charge in [-0.1, -0.05) is 12.8 Å². The van der Waals surface area contributed by atoms with Crippen molar-refractivity contribution in [1.82, 2.24) is 15.2 Å². The zero-order valence-electron chi connectivity index (χ0n) is 18.8. The Morgan fingerprint density at radius 3 is 2.52 bits per heavy atom. The molecule has 4 rings (SSSR count). The van der Waals surface area contributed by atoms with Crippen LogP contribution < -0.4 is 14.8 Å². The molecule has 2 aliphatic rings. The fourth-order valence-corrected chi connectivity index (χ4v) is 5.73. The summed E-state index contributed by atoms with van der Waals surface area (Å²) in [5.74, 6) is 2.22. The molecule has 6 nitrogen and oxygen atoms in total. The van der Waals surface area contributed by atoms with Gasteiger partial charge in [0, 0.05) is 31.2 Å². The second-order valence-electron chi connectivity index (χ2n) is 8.70. The molecule has 31 heavy (non-hydrogen) atoms. The molecule has 1 aromatic heterocycles. The maximum absolute atomic E-state index is 13.0. The molecule has 1 aliphatic heterocycles. The van der Waals surface area contributed by atoms with Crippen LogP contribution >= 0.6 is 11.3 Å². The molecule has 1 aliphatic carbocycles. The predicted octanol–water partition coefficient (Wildman–Crippen LogP) is 4.52. The first kappa shape index (κ1) is 22.1. The highest BCUT2D eigenvalue weighted by Gasteiger charge is 2.26. The van der Waals surface area contributed by atoms with E-state index in [0.717, 1.165) is 48.1 Å². The van der Waals surface area contributed by atoms with E-state index in [4.69, 9.17) is 9.47 Å². The highest BCUT2D eigenvalue weighted by molar-refractivity contribution is 7.17. The number of piperidine rings is 1. The predicted molar refractivity (Wildman–Crippen MR) is 124 cm³/mol. The van der Waals surface area contributed by atoms with Crippen molar-refractivity contribution in [2.75, 3.05) is 33.9 Å². The number of carbonyl (C=O) groups excluding carboxylic acids is 1. The molecular weight excluding hydrogens is 410 g/mol. The van der Waals surface area contributed by atoms with Crippen molar-refractivity contribution < 1.29 is 14.3 Å². The second kappa shape index (κ2) is 10.0. The van der Waals surface area contributed by atoms with Gasteiger partial charge in [-0.2, -0.15) is 0 Å².